The second-order valence-corrected chi connectivity index (χ2v) is 6.49. The van der Waals surface area contributed by atoms with Crippen LogP contribution in [-0.2, 0) is 15.1 Å². The zero-order chi connectivity index (χ0) is 14.8. The molecule has 1 fully saturated rings. The summed E-state index contributed by atoms with van der Waals surface area (Å²) in [6, 6.07) is 0. The molecule has 0 unspecified atom stereocenters. The van der Waals surface area contributed by atoms with Crippen LogP contribution in [0.25, 0.3) is 0 Å². The Morgan fingerprint density at radius 1 is 1.45 bits per heavy atom. The van der Waals surface area contributed by atoms with Crippen molar-refractivity contribution in [3.63, 3.8) is 0 Å². The van der Waals surface area contributed by atoms with Crippen molar-refractivity contribution in [1.82, 2.24) is 9.97 Å². The van der Waals surface area contributed by atoms with Crippen LogP contribution < -0.4 is 0 Å². The zero-order valence-electron chi connectivity index (χ0n) is 12.2. The number of aromatic amines is 1. The molecule has 0 atom stereocenters. The molecule has 6 heteroatoms. The lowest BCUT2D eigenvalue weighted by molar-refractivity contribution is -0.118. The van der Waals surface area contributed by atoms with Crippen LogP contribution in [0.4, 0.5) is 0 Å². The minimum absolute atomic E-state index is 0.339. The number of nitrogens with one attached hydrogen (secondary N) is 1. The second kappa shape index (κ2) is 6.64. The molecule has 1 saturated heterocycles. The lowest BCUT2D eigenvalue weighted by atomic mass is 9.92. The number of nitrogens with zero attached hydrogens (tertiary/aromatic N) is 1. The topological polar surface area (TPSA) is 47.1 Å². The number of rotatable bonds is 4. The molecule has 4 nitrogen and oxygen atoms in total. The molecule has 0 saturated carbocycles. The highest BCUT2D eigenvalue weighted by Gasteiger charge is 2.38. The SMILES string of the molecule is CCOC1(c2nc(=S)c(Br)c(C(C)C)[nH]2)CCOCC1. The molecule has 0 radical (unpaired) electrons. The van der Waals surface area contributed by atoms with Crippen LogP contribution in [0.1, 0.15) is 51.0 Å². The van der Waals surface area contributed by atoms with E-state index in [9.17, 15) is 0 Å². The molecule has 1 N–H and O–H groups in total. The average Bonchev–Trinajstić information content (AvgIpc) is 2.42. The molecule has 0 bridgehead atoms. The Labute approximate surface area is 133 Å². The molecule has 112 valence electrons. The molecule has 0 amide bonds. The maximum absolute atomic E-state index is 6.05. The van der Waals surface area contributed by atoms with Crippen molar-refractivity contribution in [2.45, 2.75) is 45.1 Å². The second-order valence-electron chi connectivity index (χ2n) is 5.31. The number of aromatic nitrogens is 2. The molecule has 1 aromatic heterocycles. The Morgan fingerprint density at radius 3 is 2.65 bits per heavy atom. The summed E-state index contributed by atoms with van der Waals surface area (Å²) in [5.74, 6) is 1.17. The summed E-state index contributed by atoms with van der Waals surface area (Å²) in [7, 11) is 0. The van der Waals surface area contributed by atoms with Gasteiger partial charge in [0.05, 0.1) is 4.47 Å². The van der Waals surface area contributed by atoms with Gasteiger partial charge in [0.2, 0.25) is 0 Å². The van der Waals surface area contributed by atoms with Crippen LogP contribution in [0.15, 0.2) is 4.47 Å². The Bertz CT molecular complexity index is 519. The summed E-state index contributed by atoms with van der Waals surface area (Å²) in [4.78, 5) is 8.01. The van der Waals surface area contributed by atoms with Crippen LogP contribution in [-0.4, -0.2) is 29.8 Å². The van der Waals surface area contributed by atoms with E-state index in [1.807, 2.05) is 6.92 Å². The third-order valence-corrected chi connectivity index (χ3v) is 4.98. The fourth-order valence-electron chi connectivity index (χ4n) is 2.52. The normalized spacial score (nSPS) is 18.4. The highest BCUT2D eigenvalue weighted by atomic mass is 79.9. The lowest BCUT2D eigenvalue weighted by Crippen LogP contribution is -2.38. The van der Waals surface area contributed by atoms with Gasteiger partial charge in [-0.05, 0) is 28.8 Å². The van der Waals surface area contributed by atoms with Crippen molar-refractivity contribution in [3.8, 4) is 0 Å². The molecule has 0 aromatic carbocycles. The van der Waals surface area contributed by atoms with Gasteiger partial charge in [-0.2, -0.15) is 0 Å². The number of ether oxygens (including phenoxy) is 2. The predicted octanol–water partition coefficient (Wildman–Crippen LogP) is 4.07. The highest BCUT2D eigenvalue weighted by molar-refractivity contribution is 9.10. The fourth-order valence-corrected chi connectivity index (χ4v) is 3.36. The summed E-state index contributed by atoms with van der Waals surface area (Å²) in [6.45, 7) is 8.30. The van der Waals surface area contributed by atoms with E-state index in [4.69, 9.17) is 21.7 Å². The zero-order valence-corrected chi connectivity index (χ0v) is 14.6. The molecule has 1 aromatic rings. The number of H-pyrrole nitrogens is 1. The van der Waals surface area contributed by atoms with Crippen molar-refractivity contribution < 1.29 is 9.47 Å². The Morgan fingerprint density at radius 2 is 2.10 bits per heavy atom. The average molecular weight is 361 g/mol. The van der Waals surface area contributed by atoms with Gasteiger partial charge in [-0.1, -0.05) is 26.1 Å². The summed E-state index contributed by atoms with van der Waals surface area (Å²) in [6.07, 6.45) is 1.61. The first kappa shape index (κ1) is 16.1. The maximum atomic E-state index is 6.05. The van der Waals surface area contributed by atoms with Crippen LogP contribution in [0, 0.1) is 4.64 Å². The molecular formula is C14H21BrN2O2S. The van der Waals surface area contributed by atoms with E-state index in [0.717, 1.165) is 28.8 Å². The molecule has 1 aliphatic rings. The van der Waals surface area contributed by atoms with Gasteiger partial charge >= 0.3 is 0 Å². The summed E-state index contributed by atoms with van der Waals surface area (Å²) < 4.78 is 13.0. The van der Waals surface area contributed by atoms with Gasteiger partial charge in [-0.3, -0.25) is 0 Å². The monoisotopic (exact) mass is 360 g/mol. The third kappa shape index (κ3) is 3.13. The predicted molar refractivity (Wildman–Crippen MR) is 84.6 cm³/mol. The van der Waals surface area contributed by atoms with E-state index in [1.54, 1.807) is 0 Å². The van der Waals surface area contributed by atoms with Gasteiger partial charge in [0.25, 0.3) is 0 Å². The number of hydrogen-bond donors (Lipinski definition) is 1. The van der Waals surface area contributed by atoms with Gasteiger partial charge in [0.15, 0.2) is 0 Å². The molecule has 1 aliphatic heterocycles. The first-order valence-corrected chi connectivity index (χ1v) is 8.22. The van der Waals surface area contributed by atoms with Crippen molar-refractivity contribution in [2.24, 2.45) is 0 Å². The van der Waals surface area contributed by atoms with E-state index in [1.165, 1.54) is 0 Å². The number of hydrogen-bond acceptors (Lipinski definition) is 4. The summed E-state index contributed by atoms with van der Waals surface area (Å²) >= 11 is 8.92. The first-order valence-electron chi connectivity index (χ1n) is 7.02. The number of halogens is 1. The molecular weight excluding hydrogens is 340 g/mol. The van der Waals surface area contributed by atoms with Crippen molar-refractivity contribution in [1.29, 1.82) is 0 Å². The van der Waals surface area contributed by atoms with E-state index in [0.29, 0.717) is 30.4 Å². The summed E-state index contributed by atoms with van der Waals surface area (Å²) in [5, 5.41) is 0. The van der Waals surface area contributed by atoms with Crippen LogP contribution in [0.3, 0.4) is 0 Å². The van der Waals surface area contributed by atoms with Gasteiger partial charge in [-0.25, -0.2) is 4.98 Å². The van der Waals surface area contributed by atoms with Gasteiger partial charge in [-0.15, -0.1) is 0 Å². The molecule has 2 rings (SSSR count). The van der Waals surface area contributed by atoms with Crippen LogP contribution >= 0.6 is 28.1 Å². The van der Waals surface area contributed by atoms with Crippen LogP contribution in [0.2, 0.25) is 0 Å². The van der Waals surface area contributed by atoms with Gasteiger partial charge < -0.3 is 14.5 Å². The van der Waals surface area contributed by atoms with Gasteiger partial charge in [0.1, 0.15) is 16.1 Å². The minimum Gasteiger partial charge on any atom is -0.381 e. The first-order chi connectivity index (χ1) is 9.50. The maximum Gasteiger partial charge on any atom is 0.144 e. The van der Waals surface area contributed by atoms with Crippen molar-refractivity contribution >= 4 is 28.1 Å². The Kier molecular flexibility index (Phi) is 5.34. The van der Waals surface area contributed by atoms with E-state index < -0.39 is 5.60 Å². The minimum atomic E-state index is -0.398. The molecule has 0 aliphatic carbocycles. The lowest BCUT2D eigenvalue weighted by Gasteiger charge is -2.36. The Balaban J connectivity index is 2.51. The van der Waals surface area contributed by atoms with Gasteiger partial charge in [0, 0.05) is 38.4 Å². The standard InChI is InChI=1S/C14H21BrN2O2S/c1-4-19-14(5-7-18-8-6-14)13-16-11(9(2)3)10(15)12(20)17-13/h9H,4-8H2,1-3H3,(H,16,17,20). The smallest absolute Gasteiger partial charge is 0.144 e. The Hall–Kier alpha value is -0.300. The van der Waals surface area contributed by atoms with E-state index in [-0.39, 0.29) is 0 Å². The van der Waals surface area contributed by atoms with Crippen LogP contribution in [0.5, 0.6) is 0 Å². The van der Waals surface area contributed by atoms with E-state index >= 15 is 0 Å². The quantitative estimate of drug-likeness (QED) is 0.822. The molecule has 2 heterocycles. The highest BCUT2D eigenvalue weighted by Crippen LogP contribution is 2.35. The largest absolute Gasteiger partial charge is 0.381 e. The molecule has 0 spiro atoms. The summed E-state index contributed by atoms with van der Waals surface area (Å²) in [5.41, 5.74) is 0.677. The molecule has 20 heavy (non-hydrogen) atoms. The van der Waals surface area contributed by atoms with Crippen molar-refractivity contribution in [3.05, 3.63) is 20.6 Å². The van der Waals surface area contributed by atoms with E-state index in [2.05, 4.69) is 39.7 Å². The van der Waals surface area contributed by atoms with Crippen molar-refractivity contribution in [2.75, 3.05) is 19.8 Å². The third-order valence-electron chi connectivity index (χ3n) is 3.62. The fraction of sp³-hybridized carbons (Fsp3) is 0.714.